The normalized spacial score (nSPS) is 10.0. The highest BCUT2D eigenvalue weighted by Gasteiger charge is 2.08. The molecule has 0 aliphatic heterocycles. The maximum Gasteiger partial charge on any atom is 0.166 e. The fraction of sp³-hybridized carbons (Fsp3) is 0. The Morgan fingerprint density at radius 3 is 2.29 bits per heavy atom. The molecule has 0 amide bonds. The van der Waals surface area contributed by atoms with Crippen LogP contribution in [0.1, 0.15) is 10.4 Å². The Morgan fingerprint density at radius 1 is 0.941 bits per heavy atom. The van der Waals surface area contributed by atoms with E-state index >= 15 is 0 Å². The summed E-state index contributed by atoms with van der Waals surface area (Å²) in [6, 6.07) is 9.40. The lowest BCUT2D eigenvalue weighted by Crippen LogP contribution is -1.92. The molecule has 0 spiro atoms. The molecule has 0 radical (unpaired) electrons. The minimum atomic E-state index is -0.710. The SMILES string of the molecule is O=Cc1ccc(Oc2ccccc2F)c(F)c1. The number of carbonyl (C=O) groups is 1. The summed E-state index contributed by atoms with van der Waals surface area (Å²) in [7, 11) is 0. The van der Waals surface area contributed by atoms with Crippen LogP contribution in [0.25, 0.3) is 0 Å². The minimum Gasteiger partial charge on any atom is -0.451 e. The van der Waals surface area contributed by atoms with Gasteiger partial charge in [0.15, 0.2) is 23.1 Å². The Balaban J connectivity index is 2.31. The molecule has 0 atom stereocenters. The van der Waals surface area contributed by atoms with Gasteiger partial charge in [-0.2, -0.15) is 0 Å². The van der Waals surface area contributed by atoms with Gasteiger partial charge in [-0.15, -0.1) is 0 Å². The van der Waals surface area contributed by atoms with Crippen molar-refractivity contribution in [1.82, 2.24) is 0 Å². The Hall–Kier alpha value is -2.23. The molecule has 0 aliphatic carbocycles. The van der Waals surface area contributed by atoms with Crippen molar-refractivity contribution in [1.29, 1.82) is 0 Å². The number of ether oxygens (including phenoxy) is 1. The van der Waals surface area contributed by atoms with Gasteiger partial charge in [-0.3, -0.25) is 4.79 Å². The van der Waals surface area contributed by atoms with Gasteiger partial charge < -0.3 is 4.74 Å². The van der Waals surface area contributed by atoms with E-state index in [4.69, 9.17) is 4.74 Å². The van der Waals surface area contributed by atoms with Gasteiger partial charge in [-0.25, -0.2) is 8.78 Å². The van der Waals surface area contributed by atoms with Crippen LogP contribution in [0.15, 0.2) is 42.5 Å². The van der Waals surface area contributed by atoms with E-state index in [-0.39, 0.29) is 17.1 Å². The monoisotopic (exact) mass is 234 g/mol. The molecule has 2 rings (SSSR count). The van der Waals surface area contributed by atoms with Crippen molar-refractivity contribution in [2.45, 2.75) is 0 Å². The Morgan fingerprint density at radius 2 is 1.65 bits per heavy atom. The summed E-state index contributed by atoms with van der Waals surface area (Å²) >= 11 is 0. The highest BCUT2D eigenvalue weighted by atomic mass is 19.1. The molecule has 0 bridgehead atoms. The topological polar surface area (TPSA) is 26.3 Å². The average Bonchev–Trinajstić information content (AvgIpc) is 2.34. The molecule has 86 valence electrons. The molecule has 0 N–H and O–H groups in total. The number of para-hydroxylation sites is 1. The quantitative estimate of drug-likeness (QED) is 0.759. The van der Waals surface area contributed by atoms with Crippen molar-refractivity contribution in [3.63, 3.8) is 0 Å². The van der Waals surface area contributed by atoms with Crippen molar-refractivity contribution in [2.75, 3.05) is 0 Å². The highest BCUT2D eigenvalue weighted by molar-refractivity contribution is 5.75. The van der Waals surface area contributed by atoms with Crippen LogP contribution in [-0.2, 0) is 0 Å². The van der Waals surface area contributed by atoms with E-state index in [1.54, 1.807) is 6.07 Å². The summed E-state index contributed by atoms with van der Waals surface area (Å²) in [4.78, 5) is 10.4. The number of halogens is 2. The summed E-state index contributed by atoms with van der Waals surface area (Å²) in [5.41, 5.74) is 0.198. The first-order valence-corrected chi connectivity index (χ1v) is 4.88. The third-order valence-corrected chi connectivity index (χ3v) is 2.15. The van der Waals surface area contributed by atoms with Crippen LogP contribution in [0.5, 0.6) is 11.5 Å². The molecule has 0 saturated heterocycles. The molecular formula is C13H8F2O2. The van der Waals surface area contributed by atoms with Crippen LogP contribution in [0.4, 0.5) is 8.78 Å². The van der Waals surface area contributed by atoms with Crippen molar-refractivity contribution >= 4 is 6.29 Å². The number of rotatable bonds is 3. The fourth-order valence-corrected chi connectivity index (χ4v) is 1.32. The molecule has 0 heterocycles. The lowest BCUT2D eigenvalue weighted by molar-refractivity contribution is 0.112. The molecule has 0 saturated carbocycles. The lowest BCUT2D eigenvalue weighted by Gasteiger charge is -2.07. The number of hydrogen-bond acceptors (Lipinski definition) is 2. The van der Waals surface area contributed by atoms with Crippen LogP contribution in [0.3, 0.4) is 0 Å². The molecule has 2 aromatic rings. The first kappa shape index (κ1) is 11.3. The standard InChI is InChI=1S/C13H8F2O2/c14-10-3-1-2-4-12(10)17-13-6-5-9(8-16)7-11(13)15/h1-8H. The molecule has 2 aromatic carbocycles. The van der Waals surface area contributed by atoms with Gasteiger partial charge in [0.25, 0.3) is 0 Å². The third kappa shape index (κ3) is 2.47. The third-order valence-electron chi connectivity index (χ3n) is 2.15. The maximum atomic E-state index is 13.4. The molecule has 2 nitrogen and oxygen atoms in total. The second-order valence-electron chi connectivity index (χ2n) is 3.34. The van der Waals surface area contributed by atoms with Gasteiger partial charge in [0, 0.05) is 5.56 Å². The first-order valence-electron chi connectivity index (χ1n) is 4.88. The second kappa shape index (κ2) is 4.74. The van der Waals surface area contributed by atoms with E-state index in [1.165, 1.54) is 30.3 Å². The zero-order valence-electron chi connectivity index (χ0n) is 8.69. The van der Waals surface area contributed by atoms with Crippen molar-refractivity contribution in [3.8, 4) is 11.5 Å². The van der Waals surface area contributed by atoms with E-state index in [0.717, 1.165) is 6.07 Å². The van der Waals surface area contributed by atoms with E-state index in [2.05, 4.69) is 0 Å². The van der Waals surface area contributed by atoms with E-state index in [1.807, 2.05) is 0 Å². The predicted molar refractivity (Wildman–Crippen MR) is 58.3 cm³/mol. The fourth-order valence-electron chi connectivity index (χ4n) is 1.32. The minimum absolute atomic E-state index is 0.0646. The van der Waals surface area contributed by atoms with Crippen LogP contribution >= 0.6 is 0 Å². The molecule has 0 fully saturated rings. The predicted octanol–water partition coefficient (Wildman–Crippen LogP) is 3.57. The molecule has 0 aliphatic rings. The Labute approximate surface area is 96.5 Å². The number of aldehydes is 1. The number of carbonyl (C=O) groups excluding carboxylic acids is 1. The van der Waals surface area contributed by atoms with E-state index in [9.17, 15) is 13.6 Å². The smallest absolute Gasteiger partial charge is 0.166 e. The molecule has 0 unspecified atom stereocenters. The molecule has 0 aromatic heterocycles. The van der Waals surface area contributed by atoms with E-state index < -0.39 is 11.6 Å². The summed E-state index contributed by atoms with van der Waals surface area (Å²) < 4.78 is 31.8. The Bertz CT molecular complexity index is 553. The molecule has 4 heteroatoms. The summed E-state index contributed by atoms with van der Waals surface area (Å²) in [6.07, 6.45) is 0.524. The first-order chi connectivity index (χ1) is 8.20. The lowest BCUT2D eigenvalue weighted by atomic mass is 10.2. The van der Waals surface area contributed by atoms with Crippen LogP contribution in [0, 0.1) is 11.6 Å². The van der Waals surface area contributed by atoms with Crippen LogP contribution in [-0.4, -0.2) is 6.29 Å². The highest BCUT2D eigenvalue weighted by Crippen LogP contribution is 2.26. The van der Waals surface area contributed by atoms with E-state index in [0.29, 0.717) is 6.29 Å². The maximum absolute atomic E-state index is 13.4. The van der Waals surface area contributed by atoms with Crippen molar-refractivity contribution in [3.05, 3.63) is 59.7 Å². The van der Waals surface area contributed by atoms with Crippen molar-refractivity contribution in [2.24, 2.45) is 0 Å². The average molecular weight is 234 g/mol. The number of hydrogen-bond donors (Lipinski definition) is 0. The molecular weight excluding hydrogens is 226 g/mol. The van der Waals surface area contributed by atoms with Gasteiger partial charge in [-0.1, -0.05) is 12.1 Å². The van der Waals surface area contributed by atoms with Gasteiger partial charge in [0.2, 0.25) is 0 Å². The largest absolute Gasteiger partial charge is 0.451 e. The van der Waals surface area contributed by atoms with Crippen LogP contribution < -0.4 is 4.74 Å². The zero-order valence-corrected chi connectivity index (χ0v) is 8.69. The second-order valence-corrected chi connectivity index (χ2v) is 3.34. The molecule has 17 heavy (non-hydrogen) atoms. The van der Waals surface area contributed by atoms with Gasteiger partial charge in [-0.05, 0) is 30.3 Å². The summed E-state index contributed by atoms with van der Waals surface area (Å²) in [6.45, 7) is 0. The van der Waals surface area contributed by atoms with Gasteiger partial charge in [0.05, 0.1) is 0 Å². The zero-order chi connectivity index (χ0) is 12.3. The van der Waals surface area contributed by atoms with Gasteiger partial charge in [0.1, 0.15) is 6.29 Å². The summed E-state index contributed by atoms with van der Waals surface area (Å²) in [5.74, 6) is -1.48. The summed E-state index contributed by atoms with van der Waals surface area (Å²) in [5, 5.41) is 0. The Kier molecular flexibility index (Phi) is 3.14. The van der Waals surface area contributed by atoms with Crippen LogP contribution in [0.2, 0.25) is 0 Å². The number of benzene rings is 2. The van der Waals surface area contributed by atoms with Gasteiger partial charge >= 0.3 is 0 Å². The van der Waals surface area contributed by atoms with Crippen molar-refractivity contribution < 1.29 is 18.3 Å².